The maximum absolute atomic E-state index is 12.4. The van der Waals surface area contributed by atoms with Gasteiger partial charge < -0.3 is 19.7 Å². The predicted molar refractivity (Wildman–Crippen MR) is 178 cm³/mol. The zero-order valence-corrected chi connectivity index (χ0v) is 27.3. The van der Waals surface area contributed by atoms with Gasteiger partial charge in [-0.2, -0.15) is 0 Å². The van der Waals surface area contributed by atoms with E-state index in [1.807, 2.05) is 0 Å². The first-order valence-corrected chi connectivity index (χ1v) is 16.3. The van der Waals surface area contributed by atoms with Crippen molar-refractivity contribution in [1.29, 1.82) is 0 Å². The Labute approximate surface area is 265 Å². The summed E-state index contributed by atoms with van der Waals surface area (Å²) < 4.78 is 11.1. The molecule has 0 aliphatic heterocycles. The van der Waals surface area contributed by atoms with Crippen LogP contribution in [0.1, 0.15) is 95.2 Å². The van der Waals surface area contributed by atoms with Crippen molar-refractivity contribution in [2.24, 2.45) is 5.41 Å². The predicted octanol–water partition coefficient (Wildman–Crippen LogP) is 7.72. The Bertz CT molecular complexity index is 1160. The fraction of sp³-hybridized carbons (Fsp3) is 0.526. The van der Waals surface area contributed by atoms with Crippen LogP contribution < -0.4 is 0 Å². The van der Waals surface area contributed by atoms with E-state index >= 15 is 0 Å². The Hall–Kier alpha value is -3.22. The number of hydrogen-bond acceptors (Lipinski definition) is 6. The molecular formula is C38H54O6. The van der Waals surface area contributed by atoms with Crippen molar-refractivity contribution >= 4 is 11.9 Å². The largest absolute Gasteiger partial charge is 0.462 e. The van der Waals surface area contributed by atoms with Crippen molar-refractivity contribution in [3.05, 3.63) is 83.5 Å². The number of esters is 2. The molecule has 0 fully saturated rings. The van der Waals surface area contributed by atoms with Crippen molar-refractivity contribution in [3.8, 4) is 11.1 Å². The lowest BCUT2D eigenvalue weighted by Gasteiger charge is -2.33. The molecule has 2 N–H and O–H groups in total. The van der Waals surface area contributed by atoms with Gasteiger partial charge in [-0.1, -0.05) is 115 Å². The third-order valence-corrected chi connectivity index (χ3v) is 8.41. The number of carbonyl (C=O) groups excluding carboxylic acids is 2. The summed E-state index contributed by atoms with van der Waals surface area (Å²) in [6.07, 6.45) is 12.3. The number of rotatable bonds is 22. The SMILES string of the molecule is C=C(CO)C(=O)OCC(CCCC)(CCc1ccc(-c2ccc(CCCCCCC)c(CC)c2)cc1)COC(=O)C(=C)CO. The second-order valence-electron chi connectivity index (χ2n) is 12.0. The van der Waals surface area contributed by atoms with Crippen LogP contribution in [0.5, 0.6) is 0 Å². The number of benzene rings is 2. The number of carbonyl (C=O) groups is 2. The van der Waals surface area contributed by atoms with Crippen molar-refractivity contribution in [2.45, 2.75) is 97.8 Å². The van der Waals surface area contributed by atoms with Crippen LogP contribution in [0.25, 0.3) is 11.1 Å². The van der Waals surface area contributed by atoms with Gasteiger partial charge in [0.15, 0.2) is 0 Å². The van der Waals surface area contributed by atoms with Gasteiger partial charge in [0.05, 0.1) is 24.4 Å². The average molecular weight is 607 g/mol. The van der Waals surface area contributed by atoms with E-state index in [9.17, 15) is 19.8 Å². The van der Waals surface area contributed by atoms with Crippen LogP contribution in [0.3, 0.4) is 0 Å². The van der Waals surface area contributed by atoms with Crippen LogP contribution in [-0.2, 0) is 38.3 Å². The van der Waals surface area contributed by atoms with Crippen LogP contribution in [0.2, 0.25) is 0 Å². The number of hydrogen-bond donors (Lipinski definition) is 2. The highest BCUT2D eigenvalue weighted by atomic mass is 16.5. The molecule has 0 aliphatic rings. The topological polar surface area (TPSA) is 93.1 Å². The van der Waals surface area contributed by atoms with Crippen LogP contribution in [0, 0.1) is 5.41 Å². The Morgan fingerprint density at radius 2 is 1.25 bits per heavy atom. The van der Waals surface area contributed by atoms with E-state index in [0.29, 0.717) is 19.3 Å². The molecule has 0 amide bonds. The molecule has 2 aromatic carbocycles. The lowest BCUT2D eigenvalue weighted by molar-refractivity contribution is -0.150. The molecular weight excluding hydrogens is 552 g/mol. The maximum atomic E-state index is 12.4. The van der Waals surface area contributed by atoms with E-state index in [1.165, 1.54) is 54.4 Å². The first-order valence-electron chi connectivity index (χ1n) is 16.3. The highest BCUT2D eigenvalue weighted by Crippen LogP contribution is 2.33. The molecule has 0 saturated heterocycles. The number of aliphatic hydroxyl groups is 2. The van der Waals surface area contributed by atoms with Crippen LogP contribution >= 0.6 is 0 Å². The summed E-state index contributed by atoms with van der Waals surface area (Å²) in [6, 6.07) is 15.4. The molecule has 0 radical (unpaired) electrons. The van der Waals surface area contributed by atoms with Crippen molar-refractivity contribution in [3.63, 3.8) is 0 Å². The maximum Gasteiger partial charge on any atom is 0.335 e. The van der Waals surface area contributed by atoms with E-state index in [1.54, 1.807) is 0 Å². The van der Waals surface area contributed by atoms with E-state index in [4.69, 9.17) is 9.47 Å². The summed E-state index contributed by atoms with van der Waals surface area (Å²) in [4.78, 5) is 24.7. The van der Waals surface area contributed by atoms with Gasteiger partial charge in [-0.3, -0.25) is 0 Å². The Balaban J connectivity index is 2.19. The van der Waals surface area contributed by atoms with Crippen molar-refractivity contribution in [1.82, 2.24) is 0 Å². The normalized spacial score (nSPS) is 11.3. The Morgan fingerprint density at radius 1 is 0.682 bits per heavy atom. The van der Waals surface area contributed by atoms with Crippen LogP contribution in [0.15, 0.2) is 66.8 Å². The first-order chi connectivity index (χ1) is 21.2. The summed E-state index contributed by atoms with van der Waals surface area (Å²) >= 11 is 0. The monoisotopic (exact) mass is 606 g/mol. The molecule has 0 atom stereocenters. The zero-order valence-electron chi connectivity index (χ0n) is 27.3. The molecule has 0 aromatic heterocycles. The van der Waals surface area contributed by atoms with E-state index in [-0.39, 0.29) is 24.4 Å². The minimum atomic E-state index is -0.669. The van der Waals surface area contributed by atoms with Gasteiger partial charge in [0, 0.05) is 5.41 Å². The van der Waals surface area contributed by atoms with E-state index in [2.05, 4.69) is 76.4 Å². The Kier molecular flexibility index (Phi) is 16.8. The molecule has 44 heavy (non-hydrogen) atoms. The van der Waals surface area contributed by atoms with Crippen molar-refractivity contribution in [2.75, 3.05) is 26.4 Å². The number of unbranched alkanes of at least 4 members (excludes halogenated alkanes) is 5. The number of aryl methyl sites for hydroxylation is 3. The summed E-state index contributed by atoms with van der Waals surface area (Å²) in [5, 5.41) is 18.6. The smallest absolute Gasteiger partial charge is 0.335 e. The van der Waals surface area contributed by atoms with Gasteiger partial charge in [0.2, 0.25) is 0 Å². The van der Waals surface area contributed by atoms with Crippen LogP contribution in [0.4, 0.5) is 0 Å². The van der Waals surface area contributed by atoms with Gasteiger partial charge in [-0.15, -0.1) is 0 Å². The zero-order chi connectivity index (χ0) is 32.4. The molecule has 0 heterocycles. The summed E-state index contributed by atoms with van der Waals surface area (Å²) in [5.74, 6) is -1.34. The molecule has 242 valence electrons. The minimum Gasteiger partial charge on any atom is -0.462 e. The molecule has 0 saturated carbocycles. The fourth-order valence-electron chi connectivity index (χ4n) is 5.35. The summed E-state index contributed by atoms with van der Waals surface area (Å²) in [5.41, 5.74) is 5.69. The van der Waals surface area contributed by atoms with Gasteiger partial charge in [-0.05, 0) is 66.3 Å². The fourth-order valence-corrected chi connectivity index (χ4v) is 5.35. The molecule has 0 unspecified atom stereocenters. The lowest BCUT2D eigenvalue weighted by atomic mass is 9.79. The quantitative estimate of drug-likeness (QED) is 0.0810. The highest BCUT2D eigenvalue weighted by Gasteiger charge is 2.34. The summed E-state index contributed by atoms with van der Waals surface area (Å²) in [7, 11) is 0. The summed E-state index contributed by atoms with van der Waals surface area (Å²) in [6.45, 7) is 12.7. The average Bonchev–Trinajstić information content (AvgIpc) is 3.06. The third kappa shape index (κ3) is 12.0. The second-order valence-corrected chi connectivity index (χ2v) is 12.0. The molecule has 6 heteroatoms. The minimum absolute atomic E-state index is 0.0204. The van der Waals surface area contributed by atoms with Crippen molar-refractivity contribution < 1.29 is 29.3 Å². The van der Waals surface area contributed by atoms with E-state index < -0.39 is 30.6 Å². The molecule has 0 aliphatic carbocycles. The molecule has 0 bridgehead atoms. The van der Waals surface area contributed by atoms with Gasteiger partial charge in [0.25, 0.3) is 0 Å². The number of ether oxygens (including phenoxy) is 2. The first kappa shape index (κ1) is 37.0. The molecule has 6 nitrogen and oxygen atoms in total. The second kappa shape index (κ2) is 19.9. The standard InChI is InChI=1S/C38H54O6/c1-6-9-11-12-13-14-33-19-20-35(24-32(33)8-3)34-17-15-31(16-18-34)21-23-38(22-10-7-2,27-43-36(41)29(4)25-39)28-44-37(42)30(5)26-40/h15-20,24,39-40H,4-14,21-23,25-28H2,1-3H3. The third-order valence-electron chi connectivity index (χ3n) is 8.41. The van der Waals surface area contributed by atoms with E-state index in [0.717, 1.165) is 31.2 Å². The van der Waals surface area contributed by atoms with Gasteiger partial charge in [0.1, 0.15) is 13.2 Å². The van der Waals surface area contributed by atoms with Gasteiger partial charge >= 0.3 is 11.9 Å². The highest BCUT2D eigenvalue weighted by molar-refractivity contribution is 5.88. The van der Waals surface area contributed by atoms with Crippen LogP contribution in [-0.4, -0.2) is 48.6 Å². The molecule has 2 rings (SSSR count). The molecule has 0 spiro atoms. The molecule has 2 aromatic rings. The Morgan fingerprint density at radius 3 is 1.80 bits per heavy atom. The van der Waals surface area contributed by atoms with Gasteiger partial charge in [-0.25, -0.2) is 9.59 Å². The lowest BCUT2D eigenvalue weighted by Crippen LogP contribution is -2.36. The number of aliphatic hydroxyl groups excluding tert-OH is 2.